The molecule has 0 amide bonds. The fourth-order valence-corrected chi connectivity index (χ4v) is 2.00. The first-order valence-corrected chi connectivity index (χ1v) is 7.82. The highest BCUT2D eigenvalue weighted by Gasteiger charge is 2.12. The first kappa shape index (κ1) is 21.3. The van der Waals surface area contributed by atoms with Gasteiger partial charge < -0.3 is 10.2 Å². The molecule has 1 unspecified atom stereocenters. The molecule has 2 nitrogen and oxygen atoms in total. The number of phenols is 2. The molecule has 3 heteroatoms. The molecule has 0 aliphatic rings. The van der Waals surface area contributed by atoms with E-state index >= 15 is 0 Å². The lowest BCUT2D eigenvalue weighted by atomic mass is 9.87. The second-order valence-electron chi connectivity index (χ2n) is 6.70. The summed E-state index contributed by atoms with van der Waals surface area (Å²) in [6, 6.07) is 14.8. The van der Waals surface area contributed by atoms with Gasteiger partial charge in [-0.05, 0) is 53.1 Å². The van der Waals surface area contributed by atoms with E-state index in [0.717, 1.165) is 6.42 Å². The van der Waals surface area contributed by atoms with Crippen LogP contribution in [0.2, 0.25) is 0 Å². The van der Waals surface area contributed by atoms with Crippen molar-refractivity contribution in [3.63, 3.8) is 0 Å². The van der Waals surface area contributed by atoms with Crippen LogP contribution >= 0.6 is 12.4 Å². The lowest BCUT2D eigenvalue weighted by molar-refractivity contribution is 0.473. The molecule has 0 fully saturated rings. The van der Waals surface area contributed by atoms with Crippen LogP contribution in [0.1, 0.15) is 58.1 Å². The van der Waals surface area contributed by atoms with Crippen LogP contribution in [0, 0.1) is 0 Å². The van der Waals surface area contributed by atoms with Gasteiger partial charge in [0.1, 0.15) is 11.5 Å². The van der Waals surface area contributed by atoms with Crippen LogP contribution in [0.5, 0.6) is 11.5 Å². The Kier molecular flexibility index (Phi) is 8.78. The number of phenolic OH excluding ortho intramolecular Hbond substituents is 2. The molecule has 0 radical (unpaired) electrons. The quantitative estimate of drug-likeness (QED) is 0.704. The third-order valence-corrected chi connectivity index (χ3v) is 3.81. The van der Waals surface area contributed by atoms with E-state index in [2.05, 4.69) is 34.6 Å². The van der Waals surface area contributed by atoms with Gasteiger partial charge in [-0.15, -0.1) is 12.4 Å². The third-order valence-electron chi connectivity index (χ3n) is 3.81. The molecular weight excluding hydrogens is 308 g/mol. The molecule has 2 aromatic carbocycles. The van der Waals surface area contributed by atoms with Gasteiger partial charge in [0, 0.05) is 0 Å². The summed E-state index contributed by atoms with van der Waals surface area (Å²) in [6.07, 6.45) is 1.14. The van der Waals surface area contributed by atoms with Crippen molar-refractivity contribution in [3.8, 4) is 11.5 Å². The minimum atomic E-state index is 0. The zero-order valence-corrected chi connectivity index (χ0v) is 15.5. The third kappa shape index (κ3) is 7.43. The molecule has 0 aliphatic heterocycles. The summed E-state index contributed by atoms with van der Waals surface area (Å²) < 4.78 is 0. The maximum absolute atomic E-state index is 9.02. The summed E-state index contributed by atoms with van der Waals surface area (Å²) in [4.78, 5) is 0. The molecule has 0 heterocycles. The van der Waals surface area contributed by atoms with Crippen LogP contribution in [0.25, 0.3) is 0 Å². The van der Waals surface area contributed by atoms with Crippen molar-refractivity contribution in [1.82, 2.24) is 0 Å². The van der Waals surface area contributed by atoms with Crippen molar-refractivity contribution in [3.05, 3.63) is 59.7 Å². The Morgan fingerprint density at radius 2 is 1.22 bits per heavy atom. The van der Waals surface area contributed by atoms with E-state index in [1.54, 1.807) is 24.3 Å². The van der Waals surface area contributed by atoms with Crippen molar-refractivity contribution >= 4 is 12.4 Å². The summed E-state index contributed by atoms with van der Waals surface area (Å²) in [5, 5.41) is 18.0. The predicted molar refractivity (Wildman–Crippen MR) is 101 cm³/mol. The number of hydrogen-bond donors (Lipinski definition) is 2. The smallest absolute Gasteiger partial charge is 0.115 e. The average Bonchev–Trinajstić information content (AvgIpc) is 2.47. The van der Waals surface area contributed by atoms with Crippen LogP contribution in [-0.2, 0) is 5.41 Å². The summed E-state index contributed by atoms with van der Waals surface area (Å²) in [6.45, 7) is 10.8. The van der Waals surface area contributed by atoms with E-state index in [4.69, 9.17) is 10.2 Å². The van der Waals surface area contributed by atoms with Crippen LogP contribution in [0.4, 0.5) is 0 Å². The minimum Gasteiger partial charge on any atom is -0.508 e. The maximum Gasteiger partial charge on any atom is 0.115 e. The van der Waals surface area contributed by atoms with Gasteiger partial charge in [-0.25, -0.2) is 0 Å². The van der Waals surface area contributed by atoms with Crippen molar-refractivity contribution in [2.45, 2.75) is 52.4 Å². The monoisotopic (exact) mass is 336 g/mol. The van der Waals surface area contributed by atoms with Crippen molar-refractivity contribution < 1.29 is 10.2 Å². The lowest BCUT2D eigenvalue weighted by Gasteiger charge is -2.18. The molecule has 1 atom stereocenters. The van der Waals surface area contributed by atoms with Crippen molar-refractivity contribution in [2.24, 2.45) is 0 Å². The second-order valence-corrected chi connectivity index (χ2v) is 6.70. The summed E-state index contributed by atoms with van der Waals surface area (Å²) in [5.74, 6) is 1.27. The standard InChI is InChI=1S/2C10H14O.ClH/c1-10(2,3)8-4-6-9(11)7-5-8;1-3-8(2)9-4-6-10(11)7-5-9;/h4-7,11H,1-3H3;4-8,11H,3H2,1-2H3;1H. The molecular formula is C20H29ClO2. The van der Waals surface area contributed by atoms with E-state index in [1.807, 2.05) is 24.3 Å². The molecule has 128 valence electrons. The highest BCUT2D eigenvalue weighted by Crippen LogP contribution is 2.23. The van der Waals surface area contributed by atoms with Gasteiger partial charge in [0.15, 0.2) is 0 Å². The number of benzene rings is 2. The van der Waals surface area contributed by atoms with Gasteiger partial charge in [0.05, 0.1) is 0 Å². The highest BCUT2D eigenvalue weighted by atomic mass is 35.5. The topological polar surface area (TPSA) is 40.5 Å². The summed E-state index contributed by atoms with van der Waals surface area (Å²) in [5.41, 5.74) is 2.72. The Hall–Kier alpha value is -1.67. The van der Waals surface area contributed by atoms with Crippen LogP contribution in [0.3, 0.4) is 0 Å². The number of halogens is 1. The van der Waals surface area contributed by atoms with Crippen molar-refractivity contribution in [1.29, 1.82) is 0 Å². The first-order chi connectivity index (χ1) is 10.2. The first-order valence-electron chi connectivity index (χ1n) is 7.82. The van der Waals surface area contributed by atoms with Crippen LogP contribution < -0.4 is 0 Å². The number of aromatic hydroxyl groups is 2. The minimum absolute atomic E-state index is 0. The lowest BCUT2D eigenvalue weighted by Crippen LogP contribution is -2.10. The largest absolute Gasteiger partial charge is 0.508 e. The molecule has 2 aromatic rings. The van der Waals surface area contributed by atoms with Gasteiger partial charge in [0.2, 0.25) is 0 Å². The fourth-order valence-electron chi connectivity index (χ4n) is 2.00. The molecule has 23 heavy (non-hydrogen) atoms. The highest BCUT2D eigenvalue weighted by molar-refractivity contribution is 5.85. The molecule has 0 spiro atoms. The van der Waals surface area contributed by atoms with E-state index in [9.17, 15) is 0 Å². The van der Waals surface area contributed by atoms with E-state index < -0.39 is 0 Å². The Labute approximate surface area is 146 Å². The predicted octanol–water partition coefficient (Wildman–Crippen LogP) is 6.02. The molecule has 0 aliphatic carbocycles. The summed E-state index contributed by atoms with van der Waals surface area (Å²) in [7, 11) is 0. The summed E-state index contributed by atoms with van der Waals surface area (Å²) >= 11 is 0. The van der Waals surface area contributed by atoms with Gasteiger partial charge in [0.25, 0.3) is 0 Å². The zero-order valence-electron chi connectivity index (χ0n) is 14.7. The Bertz CT molecular complexity index is 554. The van der Waals surface area contributed by atoms with Gasteiger partial charge in [-0.2, -0.15) is 0 Å². The fraction of sp³-hybridized carbons (Fsp3) is 0.400. The average molecular weight is 337 g/mol. The Morgan fingerprint density at radius 1 is 0.826 bits per heavy atom. The number of hydrogen-bond acceptors (Lipinski definition) is 2. The molecule has 2 rings (SSSR count). The van der Waals surface area contributed by atoms with Crippen LogP contribution in [-0.4, -0.2) is 10.2 Å². The maximum atomic E-state index is 9.02. The van der Waals surface area contributed by atoms with Gasteiger partial charge >= 0.3 is 0 Å². The number of rotatable bonds is 2. The second kappa shape index (κ2) is 9.46. The van der Waals surface area contributed by atoms with Crippen molar-refractivity contribution in [2.75, 3.05) is 0 Å². The Balaban J connectivity index is 0.000000403. The Morgan fingerprint density at radius 3 is 1.57 bits per heavy atom. The van der Waals surface area contributed by atoms with E-state index in [0.29, 0.717) is 17.4 Å². The molecule has 0 saturated heterocycles. The molecule has 0 saturated carbocycles. The molecule has 2 N–H and O–H groups in total. The SMILES string of the molecule is CC(C)(C)c1ccc(O)cc1.CCC(C)c1ccc(O)cc1.Cl. The van der Waals surface area contributed by atoms with Crippen LogP contribution in [0.15, 0.2) is 48.5 Å². The molecule has 0 bridgehead atoms. The van der Waals surface area contributed by atoms with E-state index in [-0.39, 0.29) is 17.8 Å². The normalized spacial score (nSPS) is 11.7. The molecule has 0 aromatic heterocycles. The van der Waals surface area contributed by atoms with E-state index in [1.165, 1.54) is 11.1 Å². The zero-order chi connectivity index (χ0) is 16.8. The van der Waals surface area contributed by atoms with Gasteiger partial charge in [-0.1, -0.05) is 58.9 Å². The van der Waals surface area contributed by atoms with Gasteiger partial charge in [-0.3, -0.25) is 0 Å².